The van der Waals surface area contributed by atoms with Gasteiger partial charge in [0, 0.05) is 19.3 Å². The summed E-state index contributed by atoms with van der Waals surface area (Å²) in [6, 6.07) is 0. The zero-order chi connectivity index (χ0) is 56.4. The molecule has 0 aromatic heterocycles. The Hall–Kier alpha value is -4.19. The summed E-state index contributed by atoms with van der Waals surface area (Å²) in [6.07, 6.45) is 90.5. The highest BCUT2D eigenvalue weighted by Crippen LogP contribution is 2.15. The van der Waals surface area contributed by atoms with Crippen molar-refractivity contribution in [2.75, 3.05) is 13.2 Å². The van der Waals surface area contributed by atoms with Crippen molar-refractivity contribution in [3.63, 3.8) is 0 Å². The normalized spacial score (nSPS) is 12.9. The van der Waals surface area contributed by atoms with Crippen molar-refractivity contribution < 1.29 is 28.6 Å². The van der Waals surface area contributed by atoms with E-state index in [1.165, 1.54) is 135 Å². The minimum absolute atomic E-state index is 0.0961. The summed E-state index contributed by atoms with van der Waals surface area (Å²) < 4.78 is 16.9. The van der Waals surface area contributed by atoms with Crippen molar-refractivity contribution in [1.29, 1.82) is 0 Å². The Bertz CT molecular complexity index is 1620. The first-order valence-electron chi connectivity index (χ1n) is 32.5. The highest BCUT2D eigenvalue weighted by molar-refractivity contribution is 5.71. The van der Waals surface area contributed by atoms with Gasteiger partial charge in [0.25, 0.3) is 0 Å². The van der Waals surface area contributed by atoms with E-state index in [9.17, 15) is 14.4 Å². The van der Waals surface area contributed by atoms with Crippen LogP contribution in [0, 0.1) is 0 Å². The van der Waals surface area contributed by atoms with Crippen LogP contribution in [-0.2, 0) is 28.6 Å². The first kappa shape index (κ1) is 73.8. The zero-order valence-corrected chi connectivity index (χ0v) is 50.9. The highest BCUT2D eigenvalue weighted by Gasteiger charge is 2.19. The Balaban J connectivity index is 4.47. The third-order valence-corrected chi connectivity index (χ3v) is 13.7. The molecule has 1 atom stereocenters. The zero-order valence-electron chi connectivity index (χ0n) is 50.9. The molecule has 0 bridgehead atoms. The lowest BCUT2D eigenvalue weighted by Crippen LogP contribution is -2.30. The summed E-state index contributed by atoms with van der Waals surface area (Å²) in [6.45, 7) is 6.49. The molecule has 0 aliphatic rings. The quantitative estimate of drug-likeness (QED) is 0.0261. The van der Waals surface area contributed by atoms with Gasteiger partial charge in [0.1, 0.15) is 13.2 Å². The van der Waals surface area contributed by atoms with Crippen LogP contribution in [0.2, 0.25) is 0 Å². The maximum absolute atomic E-state index is 12.9. The molecule has 0 aliphatic heterocycles. The second-order valence-corrected chi connectivity index (χ2v) is 21.3. The Kier molecular flexibility index (Phi) is 61.8. The van der Waals surface area contributed by atoms with Gasteiger partial charge in [-0.2, -0.15) is 0 Å². The van der Waals surface area contributed by atoms with Gasteiger partial charge < -0.3 is 14.2 Å². The fourth-order valence-electron chi connectivity index (χ4n) is 8.80. The van der Waals surface area contributed by atoms with Gasteiger partial charge >= 0.3 is 17.9 Å². The van der Waals surface area contributed by atoms with E-state index in [1.54, 1.807) is 0 Å². The van der Waals surface area contributed by atoms with Crippen molar-refractivity contribution in [3.05, 3.63) is 122 Å². The number of hydrogen-bond donors (Lipinski definition) is 0. The van der Waals surface area contributed by atoms with E-state index < -0.39 is 6.10 Å². The molecule has 0 aromatic rings. The second kappa shape index (κ2) is 65.3. The van der Waals surface area contributed by atoms with Crippen molar-refractivity contribution in [2.24, 2.45) is 0 Å². The second-order valence-electron chi connectivity index (χ2n) is 21.3. The van der Waals surface area contributed by atoms with Crippen LogP contribution in [-0.4, -0.2) is 37.2 Å². The summed E-state index contributed by atoms with van der Waals surface area (Å²) in [7, 11) is 0. The van der Waals surface area contributed by atoms with Crippen molar-refractivity contribution in [2.45, 2.75) is 303 Å². The van der Waals surface area contributed by atoms with E-state index in [4.69, 9.17) is 14.2 Å². The van der Waals surface area contributed by atoms with Crippen molar-refractivity contribution >= 4 is 17.9 Å². The number of allylic oxidation sites excluding steroid dienone is 20. The molecule has 0 fully saturated rings. The monoisotopic (exact) mass is 1080 g/mol. The molecule has 444 valence electrons. The summed E-state index contributed by atoms with van der Waals surface area (Å²) in [5.41, 5.74) is 0. The van der Waals surface area contributed by atoms with Gasteiger partial charge in [-0.15, -0.1) is 0 Å². The molecule has 0 saturated carbocycles. The highest BCUT2D eigenvalue weighted by atomic mass is 16.6. The third kappa shape index (κ3) is 62.7. The summed E-state index contributed by atoms with van der Waals surface area (Å²) in [4.78, 5) is 38.4. The van der Waals surface area contributed by atoms with E-state index in [1.807, 2.05) is 0 Å². The standard InChI is InChI=1S/C72H120O6/c1-4-7-10-13-16-19-22-25-28-31-33-34-35-36-37-38-39-42-44-47-50-53-56-59-62-65-71(74)77-68-69(67-76-70(73)64-61-58-55-52-49-46-43-40-30-27-24-21-18-15-12-9-6-3)78-72(75)66-63-60-57-54-51-48-45-41-32-29-26-23-20-17-14-11-8-5-2/h7,10,16,19-20,23,25,27-30,32-34,36-37,39,42,47,50,69H,4-6,8-9,11-15,17-18,21-22,24,26,31,35,38,40-41,43-46,48-49,51-68H2,1-3H3/b10-7-,19-16-,23-20-,28-25-,30-27-,32-29-,34-33-,37-36-,42-39-,50-47-. The number of unbranched alkanes of at least 4 members (excludes halogenated alkanes) is 27. The van der Waals surface area contributed by atoms with E-state index in [2.05, 4.69) is 142 Å². The molecule has 0 amide bonds. The molecule has 0 saturated heterocycles. The van der Waals surface area contributed by atoms with Gasteiger partial charge in [-0.25, -0.2) is 0 Å². The predicted octanol–water partition coefficient (Wildman–Crippen LogP) is 22.4. The van der Waals surface area contributed by atoms with Gasteiger partial charge in [-0.05, 0) is 135 Å². The molecule has 0 rings (SSSR count). The molecule has 0 N–H and O–H groups in total. The number of ether oxygens (including phenoxy) is 3. The first-order chi connectivity index (χ1) is 38.5. The average molecular weight is 1080 g/mol. The van der Waals surface area contributed by atoms with Crippen LogP contribution >= 0.6 is 0 Å². The Morgan fingerprint density at radius 3 is 0.821 bits per heavy atom. The largest absolute Gasteiger partial charge is 0.462 e. The van der Waals surface area contributed by atoms with Gasteiger partial charge in [0.15, 0.2) is 6.10 Å². The van der Waals surface area contributed by atoms with Crippen LogP contribution in [0.5, 0.6) is 0 Å². The Morgan fingerprint density at radius 1 is 0.269 bits per heavy atom. The number of carbonyl (C=O) groups excluding carboxylic acids is 3. The number of carbonyl (C=O) groups is 3. The Morgan fingerprint density at radius 2 is 0.500 bits per heavy atom. The summed E-state index contributed by atoms with van der Waals surface area (Å²) >= 11 is 0. The van der Waals surface area contributed by atoms with Gasteiger partial charge in [0.05, 0.1) is 0 Å². The predicted molar refractivity (Wildman–Crippen MR) is 339 cm³/mol. The van der Waals surface area contributed by atoms with Crippen LogP contribution < -0.4 is 0 Å². The van der Waals surface area contributed by atoms with E-state index in [-0.39, 0.29) is 31.1 Å². The first-order valence-corrected chi connectivity index (χ1v) is 32.5. The van der Waals surface area contributed by atoms with Crippen LogP contribution in [0.15, 0.2) is 122 Å². The molecule has 1 unspecified atom stereocenters. The van der Waals surface area contributed by atoms with Crippen LogP contribution in [0.25, 0.3) is 0 Å². The lowest BCUT2D eigenvalue weighted by atomic mass is 10.1. The fraction of sp³-hybridized carbons (Fsp3) is 0.681. The molecular weight excluding hydrogens is 961 g/mol. The van der Waals surface area contributed by atoms with Crippen LogP contribution in [0.4, 0.5) is 0 Å². The van der Waals surface area contributed by atoms with Gasteiger partial charge in [-0.1, -0.05) is 264 Å². The molecule has 6 heteroatoms. The number of rotatable bonds is 58. The average Bonchev–Trinajstić information content (AvgIpc) is 3.44. The van der Waals surface area contributed by atoms with E-state index >= 15 is 0 Å². The third-order valence-electron chi connectivity index (χ3n) is 13.7. The molecular formula is C72H120O6. The lowest BCUT2D eigenvalue weighted by Gasteiger charge is -2.18. The van der Waals surface area contributed by atoms with Crippen LogP contribution in [0.3, 0.4) is 0 Å². The molecule has 0 aliphatic carbocycles. The minimum atomic E-state index is -0.803. The van der Waals surface area contributed by atoms with Gasteiger partial charge in [0.2, 0.25) is 0 Å². The smallest absolute Gasteiger partial charge is 0.306 e. The fourth-order valence-corrected chi connectivity index (χ4v) is 8.80. The van der Waals surface area contributed by atoms with Crippen LogP contribution in [0.1, 0.15) is 297 Å². The summed E-state index contributed by atoms with van der Waals surface area (Å²) in [5, 5.41) is 0. The molecule has 78 heavy (non-hydrogen) atoms. The van der Waals surface area contributed by atoms with Crippen molar-refractivity contribution in [1.82, 2.24) is 0 Å². The number of hydrogen-bond acceptors (Lipinski definition) is 6. The molecule has 0 spiro atoms. The Labute approximate surface area is 482 Å². The molecule has 0 heterocycles. The molecule has 0 radical (unpaired) electrons. The minimum Gasteiger partial charge on any atom is -0.462 e. The number of esters is 3. The topological polar surface area (TPSA) is 78.9 Å². The molecule has 6 nitrogen and oxygen atoms in total. The SMILES string of the molecule is CC/C=C\C/C=C\C/C=C\C/C=C\C/C=C\C/C=C\C/C=C\CCCCCC(=O)OCC(COC(=O)CCCCCCCCC/C=C\CCCCCCCC)OC(=O)CCCCCCCCC/C=C\C/C=C\CCCCCC. The van der Waals surface area contributed by atoms with Gasteiger partial charge in [-0.3, -0.25) is 14.4 Å². The maximum Gasteiger partial charge on any atom is 0.306 e. The molecule has 0 aromatic carbocycles. The van der Waals surface area contributed by atoms with Crippen molar-refractivity contribution in [3.8, 4) is 0 Å². The maximum atomic E-state index is 12.9. The van der Waals surface area contributed by atoms with E-state index in [0.29, 0.717) is 19.3 Å². The summed E-state index contributed by atoms with van der Waals surface area (Å²) in [5.74, 6) is -0.936. The van der Waals surface area contributed by atoms with E-state index in [0.717, 1.165) is 122 Å². The lowest BCUT2D eigenvalue weighted by molar-refractivity contribution is -0.167.